The van der Waals surface area contributed by atoms with Gasteiger partial charge in [-0.3, -0.25) is 4.90 Å². The predicted octanol–water partition coefficient (Wildman–Crippen LogP) is 3.27. The number of nitrogens with zero attached hydrogens (tertiary/aromatic N) is 3. The van der Waals surface area contributed by atoms with Crippen LogP contribution in [0.1, 0.15) is 17.4 Å². The highest BCUT2D eigenvalue weighted by Gasteiger charge is 2.11. The van der Waals surface area contributed by atoms with Crippen LogP contribution in [0.5, 0.6) is 0 Å². The van der Waals surface area contributed by atoms with E-state index in [1.807, 2.05) is 56.4 Å². The van der Waals surface area contributed by atoms with Crippen LogP contribution in [0.25, 0.3) is 11.4 Å². The minimum atomic E-state index is 0.583. The van der Waals surface area contributed by atoms with Gasteiger partial charge in [0, 0.05) is 5.56 Å². The zero-order valence-corrected chi connectivity index (χ0v) is 12.1. The van der Waals surface area contributed by atoms with Gasteiger partial charge in [-0.2, -0.15) is 4.98 Å². The Balaban J connectivity index is 1.64. The van der Waals surface area contributed by atoms with E-state index in [9.17, 15) is 0 Å². The first-order chi connectivity index (χ1) is 10.2. The molecule has 5 nitrogen and oxygen atoms in total. The minimum absolute atomic E-state index is 0.583. The third kappa shape index (κ3) is 3.38. The quantitative estimate of drug-likeness (QED) is 0.719. The van der Waals surface area contributed by atoms with Gasteiger partial charge in [-0.1, -0.05) is 35.5 Å². The Bertz CT molecular complexity index is 703. The van der Waals surface area contributed by atoms with E-state index >= 15 is 0 Å². The first kappa shape index (κ1) is 13.6. The topological polar surface area (TPSA) is 55.3 Å². The Labute approximate surface area is 123 Å². The van der Waals surface area contributed by atoms with Crippen molar-refractivity contribution in [2.45, 2.75) is 20.0 Å². The molecule has 1 aromatic carbocycles. The molecule has 0 spiro atoms. The normalized spacial score (nSPS) is 11.2. The fourth-order valence-electron chi connectivity index (χ4n) is 2.15. The molecule has 3 aromatic rings. The van der Waals surface area contributed by atoms with Gasteiger partial charge in [-0.15, -0.1) is 0 Å². The second-order valence-electron chi connectivity index (χ2n) is 5.06. The molecule has 2 heterocycles. The summed E-state index contributed by atoms with van der Waals surface area (Å²) in [7, 11) is 1.99. The molecule has 0 fully saturated rings. The van der Waals surface area contributed by atoms with Gasteiger partial charge in [0.15, 0.2) is 0 Å². The molecule has 21 heavy (non-hydrogen) atoms. The van der Waals surface area contributed by atoms with Gasteiger partial charge in [0.05, 0.1) is 13.1 Å². The zero-order valence-electron chi connectivity index (χ0n) is 12.1. The summed E-state index contributed by atoms with van der Waals surface area (Å²) >= 11 is 0. The highest BCUT2D eigenvalue weighted by molar-refractivity contribution is 5.53. The molecular formula is C16H17N3O2. The second-order valence-corrected chi connectivity index (χ2v) is 5.06. The van der Waals surface area contributed by atoms with Crippen molar-refractivity contribution >= 4 is 0 Å². The van der Waals surface area contributed by atoms with Gasteiger partial charge in [0.2, 0.25) is 11.7 Å². The molecule has 0 amide bonds. The van der Waals surface area contributed by atoms with E-state index < -0.39 is 0 Å². The summed E-state index contributed by atoms with van der Waals surface area (Å²) in [6.45, 7) is 3.23. The van der Waals surface area contributed by atoms with Crippen LogP contribution in [-0.2, 0) is 13.1 Å². The van der Waals surface area contributed by atoms with E-state index in [1.165, 1.54) is 0 Å². The number of hydrogen-bond acceptors (Lipinski definition) is 5. The zero-order chi connectivity index (χ0) is 14.7. The summed E-state index contributed by atoms with van der Waals surface area (Å²) in [5.41, 5.74) is 0.955. The Morgan fingerprint density at radius 1 is 1.05 bits per heavy atom. The van der Waals surface area contributed by atoms with Crippen molar-refractivity contribution in [2.75, 3.05) is 7.05 Å². The summed E-state index contributed by atoms with van der Waals surface area (Å²) in [6, 6.07) is 13.7. The lowest BCUT2D eigenvalue weighted by molar-refractivity contribution is 0.243. The molecule has 0 N–H and O–H groups in total. The van der Waals surface area contributed by atoms with Crippen LogP contribution in [0, 0.1) is 6.92 Å². The van der Waals surface area contributed by atoms with Gasteiger partial charge in [0.1, 0.15) is 11.5 Å². The largest absolute Gasteiger partial charge is 0.465 e. The highest BCUT2D eigenvalue weighted by Crippen LogP contribution is 2.16. The first-order valence-electron chi connectivity index (χ1n) is 6.82. The molecule has 0 unspecified atom stereocenters. The Kier molecular flexibility index (Phi) is 3.83. The molecular weight excluding hydrogens is 266 g/mol. The SMILES string of the molecule is Cc1ccc(CN(C)Cc2nc(-c3ccccc3)no2)o1. The van der Waals surface area contributed by atoms with Gasteiger partial charge in [0.25, 0.3) is 0 Å². The molecule has 0 saturated carbocycles. The van der Waals surface area contributed by atoms with Crippen LogP contribution in [0.4, 0.5) is 0 Å². The summed E-state index contributed by atoms with van der Waals surface area (Å²) in [5.74, 6) is 3.06. The molecule has 0 aliphatic carbocycles. The van der Waals surface area contributed by atoms with E-state index in [0.717, 1.165) is 17.1 Å². The van der Waals surface area contributed by atoms with Gasteiger partial charge < -0.3 is 8.94 Å². The average Bonchev–Trinajstić information content (AvgIpc) is 3.09. The van der Waals surface area contributed by atoms with Crippen LogP contribution in [-0.4, -0.2) is 22.1 Å². The lowest BCUT2D eigenvalue weighted by Crippen LogP contribution is -2.17. The van der Waals surface area contributed by atoms with E-state index in [1.54, 1.807) is 0 Å². The molecule has 0 aliphatic heterocycles. The lowest BCUT2D eigenvalue weighted by atomic mass is 10.2. The Hall–Kier alpha value is -2.40. The standard InChI is InChI=1S/C16H17N3O2/c1-12-8-9-14(20-12)10-19(2)11-15-17-16(18-21-15)13-6-4-3-5-7-13/h3-9H,10-11H2,1-2H3. The predicted molar refractivity (Wildman–Crippen MR) is 78.4 cm³/mol. The third-order valence-electron chi connectivity index (χ3n) is 3.13. The lowest BCUT2D eigenvalue weighted by Gasteiger charge is -2.11. The molecule has 0 bridgehead atoms. The molecule has 3 rings (SSSR count). The molecule has 0 saturated heterocycles. The van der Waals surface area contributed by atoms with Gasteiger partial charge >= 0.3 is 0 Å². The summed E-state index contributed by atoms with van der Waals surface area (Å²) < 4.78 is 10.9. The van der Waals surface area contributed by atoms with Crippen molar-refractivity contribution in [1.29, 1.82) is 0 Å². The summed E-state index contributed by atoms with van der Waals surface area (Å²) in [5, 5.41) is 4.01. The number of benzene rings is 1. The van der Waals surface area contributed by atoms with Crippen molar-refractivity contribution in [3.8, 4) is 11.4 Å². The van der Waals surface area contributed by atoms with Crippen molar-refractivity contribution in [3.63, 3.8) is 0 Å². The summed E-state index contributed by atoms with van der Waals surface area (Å²) in [4.78, 5) is 6.49. The van der Waals surface area contributed by atoms with Gasteiger partial charge in [-0.05, 0) is 26.1 Å². The van der Waals surface area contributed by atoms with Crippen molar-refractivity contribution in [2.24, 2.45) is 0 Å². The average molecular weight is 283 g/mol. The third-order valence-corrected chi connectivity index (χ3v) is 3.13. The van der Waals surface area contributed by atoms with Crippen molar-refractivity contribution in [3.05, 3.63) is 59.9 Å². The van der Waals surface area contributed by atoms with Crippen LogP contribution in [0.2, 0.25) is 0 Å². The number of hydrogen-bond donors (Lipinski definition) is 0. The second kappa shape index (κ2) is 5.93. The van der Waals surface area contributed by atoms with E-state index in [4.69, 9.17) is 8.94 Å². The molecule has 0 aliphatic rings. The molecule has 5 heteroatoms. The highest BCUT2D eigenvalue weighted by atomic mass is 16.5. The number of rotatable bonds is 5. The molecule has 0 radical (unpaired) electrons. The van der Waals surface area contributed by atoms with E-state index in [2.05, 4.69) is 15.0 Å². The Morgan fingerprint density at radius 3 is 2.57 bits per heavy atom. The van der Waals surface area contributed by atoms with Crippen LogP contribution < -0.4 is 0 Å². The van der Waals surface area contributed by atoms with E-state index in [0.29, 0.717) is 24.8 Å². The maximum atomic E-state index is 5.56. The fourth-order valence-corrected chi connectivity index (χ4v) is 2.15. The minimum Gasteiger partial charge on any atom is -0.465 e. The maximum absolute atomic E-state index is 5.56. The number of aryl methyl sites for hydroxylation is 1. The molecule has 2 aromatic heterocycles. The monoisotopic (exact) mass is 283 g/mol. The summed E-state index contributed by atoms with van der Waals surface area (Å²) in [6.07, 6.45) is 0. The number of furan rings is 1. The van der Waals surface area contributed by atoms with Crippen LogP contribution >= 0.6 is 0 Å². The van der Waals surface area contributed by atoms with Crippen LogP contribution in [0.15, 0.2) is 51.4 Å². The smallest absolute Gasteiger partial charge is 0.241 e. The van der Waals surface area contributed by atoms with Crippen molar-refractivity contribution in [1.82, 2.24) is 15.0 Å². The number of aromatic nitrogens is 2. The first-order valence-corrected chi connectivity index (χ1v) is 6.82. The van der Waals surface area contributed by atoms with Crippen LogP contribution in [0.3, 0.4) is 0 Å². The Morgan fingerprint density at radius 2 is 1.86 bits per heavy atom. The maximum Gasteiger partial charge on any atom is 0.241 e. The fraction of sp³-hybridized carbons (Fsp3) is 0.250. The van der Waals surface area contributed by atoms with Gasteiger partial charge in [-0.25, -0.2) is 0 Å². The van der Waals surface area contributed by atoms with E-state index in [-0.39, 0.29) is 0 Å². The van der Waals surface area contributed by atoms with Crippen molar-refractivity contribution < 1.29 is 8.94 Å². The molecule has 108 valence electrons. The molecule has 0 atom stereocenters.